The Kier molecular flexibility index (Phi) is 6.36. The summed E-state index contributed by atoms with van der Waals surface area (Å²) in [7, 11) is 0. The molecule has 2 heterocycles. The molecule has 0 aliphatic carbocycles. The molecule has 0 saturated heterocycles. The molecular weight excluding hydrogens is 430 g/mol. The number of anilines is 1. The van der Waals surface area contributed by atoms with Crippen molar-refractivity contribution >= 4 is 35.4 Å². The average molecular weight is 454 g/mol. The van der Waals surface area contributed by atoms with Gasteiger partial charge in [0.1, 0.15) is 18.9 Å². The molecule has 4 rings (SSSR count). The Morgan fingerprint density at radius 3 is 2.69 bits per heavy atom. The maximum absolute atomic E-state index is 12.9. The van der Waals surface area contributed by atoms with E-state index < -0.39 is 23.9 Å². The van der Waals surface area contributed by atoms with E-state index in [4.69, 9.17) is 9.47 Å². The van der Waals surface area contributed by atoms with E-state index in [0.29, 0.717) is 29.3 Å². The zero-order valence-electron chi connectivity index (χ0n) is 17.7. The number of rotatable bonds is 7. The van der Waals surface area contributed by atoms with Crippen molar-refractivity contribution in [2.24, 2.45) is 0 Å². The van der Waals surface area contributed by atoms with Crippen LogP contribution in [-0.4, -0.2) is 48.8 Å². The molecule has 2 aromatic carbocycles. The van der Waals surface area contributed by atoms with E-state index in [1.165, 1.54) is 4.90 Å². The van der Waals surface area contributed by atoms with Gasteiger partial charge in [-0.25, -0.2) is 9.59 Å². The maximum Gasteiger partial charge on any atom is 0.338 e. The van der Waals surface area contributed by atoms with Gasteiger partial charge in [-0.05, 0) is 43.0 Å². The quantitative estimate of drug-likeness (QED) is 0.493. The normalized spacial score (nSPS) is 17.6. The summed E-state index contributed by atoms with van der Waals surface area (Å²) >= 11 is 1.60. The second-order valence-electron chi connectivity index (χ2n) is 7.16. The Bertz CT molecular complexity index is 1080. The van der Waals surface area contributed by atoms with Crippen LogP contribution in [0.15, 0.2) is 64.7 Å². The van der Waals surface area contributed by atoms with Gasteiger partial charge in [0.05, 0.1) is 29.6 Å². The van der Waals surface area contributed by atoms with Crippen LogP contribution < -0.4 is 15.4 Å². The predicted molar refractivity (Wildman–Crippen MR) is 120 cm³/mol. The van der Waals surface area contributed by atoms with Crippen molar-refractivity contribution < 1.29 is 23.9 Å². The fraction of sp³-hybridized carbons (Fsp3) is 0.261. The van der Waals surface area contributed by atoms with Crippen LogP contribution >= 0.6 is 11.8 Å². The summed E-state index contributed by atoms with van der Waals surface area (Å²) in [6.07, 6.45) is 1.97. The number of thioether (sulfide) groups is 1. The molecule has 166 valence electrons. The van der Waals surface area contributed by atoms with Crippen LogP contribution in [0.3, 0.4) is 0 Å². The van der Waals surface area contributed by atoms with Gasteiger partial charge in [0.2, 0.25) is 5.91 Å². The third-order valence-corrected chi connectivity index (χ3v) is 5.95. The number of urea groups is 1. The zero-order valence-corrected chi connectivity index (χ0v) is 18.5. The lowest BCUT2D eigenvalue weighted by Gasteiger charge is -2.32. The Balaban J connectivity index is 1.57. The summed E-state index contributed by atoms with van der Waals surface area (Å²) in [4.78, 5) is 40.5. The van der Waals surface area contributed by atoms with E-state index in [0.717, 1.165) is 10.5 Å². The standard InChI is InChI=1S/C23H23N3O5S/c1-3-30-18-7-5-4-6-16(18)24-19(27)12-26-17-13-31-22(28)20(17)21(25-23(26)29)14-8-10-15(32-2)11-9-14/h4-11,21H,3,12-13H2,1-2H3,(H,24,27)(H,25,29)/t21-/m1/s1. The number of hydrogen-bond donors (Lipinski definition) is 2. The van der Waals surface area contributed by atoms with Gasteiger partial charge in [0.25, 0.3) is 0 Å². The van der Waals surface area contributed by atoms with Crippen LogP contribution in [0.2, 0.25) is 0 Å². The van der Waals surface area contributed by atoms with E-state index in [1.807, 2.05) is 43.5 Å². The fourth-order valence-corrected chi connectivity index (χ4v) is 4.12. The number of benzene rings is 2. The van der Waals surface area contributed by atoms with Gasteiger partial charge in [-0.15, -0.1) is 11.8 Å². The first-order valence-corrected chi connectivity index (χ1v) is 11.4. The fourth-order valence-electron chi connectivity index (χ4n) is 3.71. The predicted octanol–water partition coefficient (Wildman–Crippen LogP) is 3.32. The lowest BCUT2D eigenvalue weighted by Crippen LogP contribution is -2.49. The van der Waals surface area contributed by atoms with Crippen LogP contribution in [0, 0.1) is 0 Å². The summed E-state index contributed by atoms with van der Waals surface area (Å²) in [5.41, 5.74) is 2.05. The molecule has 2 aliphatic rings. The van der Waals surface area contributed by atoms with E-state index in [2.05, 4.69) is 10.6 Å². The maximum atomic E-state index is 12.9. The third-order valence-electron chi connectivity index (χ3n) is 5.21. The molecule has 9 heteroatoms. The highest BCUT2D eigenvalue weighted by molar-refractivity contribution is 7.98. The van der Waals surface area contributed by atoms with Crippen molar-refractivity contribution in [3.05, 3.63) is 65.4 Å². The molecule has 0 unspecified atom stereocenters. The monoisotopic (exact) mass is 453 g/mol. The molecule has 0 radical (unpaired) electrons. The van der Waals surface area contributed by atoms with Crippen LogP contribution in [0.1, 0.15) is 18.5 Å². The van der Waals surface area contributed by atoms with Crippen molar-refractivity contribution in [2.45, 2.75) is 17.9 Å². The summed E-state index contributed by atoms with van der Waals surface area (Å²) in [6.45, 7) is 1.99. The topological polar surface area (TPSA) is 97.0 Å². The minimum Gasteiger partial charge on any atom is -0.492 e. The Hall–Kier alpha value is -3.46. The highest BCUT2D eigenvalue weighted by atomic mass is 32.2. The van der Waals surface area contributed by atoms with Crippen LogP contribution in [-0.2, 0) is 14.3 Å². The first-order chi connectivity index (χ1) is 15.5. The summed E-state index contributed by atoms with van der Waals surface area (Å²) in [6, 6.07) is 13.6. The van der Waals surface area contributed by atoms with Gasteiger partial charge in [-0.1, -0.05) is 24.3 Å². The molecule has 0 spiro atoms. The molecule has 0 saturated carbocycles. The largest absolute Gasteiger partial charge is 0.492 e. The first-order valence-electron chi connectivity index (χ1n) is 10.2. The summed E-state index contributed by atoms with van der Waals surface area (Å²) in [5, 5.41) is 5.61. The zero-order chi connectivity index (χ0) is 22.7. The first kappa shape index (κ1) is 21.8. The smallest absolute Gasteiger partial charge is 0.338 e. The van der Waals surface area contributed by atoms with Crippen molar-refractivity contribution in [2.75, 3.05) is 31.3 Å². The summed E-state index contributed by atoms with van der Waals surface area (Å²) in [5.74, 6) is -0.369. The van der Waals surface area contributed by atoms with Crippen LogP contribution in [0.4, 0.5) is 10.5 Å². The number of carbonyl (C=O) groups excluding carboxylic acids is 3. The molecule has 32 heavy (non-hydrogen) atoms. The number of hydrogen-bond acceptors (Lipinski definition) is 6. The molecule has 2 N–H and O–H groups in total. The molecule has 2 aromatic rings. The van der Waals surface area contributed by atoms with Gasteiger partial charge < -0.3 is 20.1 Å². The van der Waals surface area contributed by atoms with Crippen LogP contribution in [0.5, 0.6) is 5.75 Å². The molecule has 8 nitrogen and oxygen atoms in total. The van der Waals surface area contributed by atoms with Gasteiger partial charge >= 0.3 is 12.0 Å². The van der Waals surface area contributed by atoms with Gasteiger partial charge in [-0.2, -0.15) is 0 Å². The van der Waals surface area contributed by atoms with E-state index in [9.17, 15) is 14.4 Å². The number of ether oxygens (including phenoxy) is 2. The molecule has 2 aliphatic heterocycles. The molecule has 0 aromatic heterocycles. The van der Waals surface area contributed by atoms with Gasteiger partial charge in [-0.3, -0.25) is 9.69 Å². The van der Waals surface area contributed by atoms with Gasteiger partial charge in [0, 0.05) is 4.90 Å². The summed E-state index contributed by atoms with van der Waals surface area (Å²) < 4.78 is 10.8. The Morgan fingerprint density at radius 2 is 1.97 bits per heavy atom. The number of nitrogens with one attached hydrogen (secondary N) is 2. The number of carbonyl (C=O) groups is 3. The Labute approximate surface area is 189 Å². The van der Waals surface area contributed by atoms with Crippen molar-refractivity contribution in [1.29, 1.82) is 0 Å². The highest BCUT2D eigenvalue weighted by Gasteiger charge is 2.42. The van der Waals surface area contributed by atoms with E-state index >= 15 is 0 Å². The number of amides is 3. The second kappa shape index (κ2) is 9.35. The minimum absolute atomic E-state index is 0.0518. The number of para-hydroxylation sites is 2. The molecule has 0 bridgehead atoms. The third kappa shape index (κ3) is 4.29. The number of nitrogens with zero attached hydrogens (tertiary/aromatic N) is 1. The van der Waals surface area contributed by atoms with Crippen molar-refractivity contribution in [3.8, 4) is 5.75 Å². The Morgan fingerprint density at radius 1 is 1.22 bits per heavy atom. The highest BCUT2D eigenvalue weighted by Crippen LogP contribution is 2.35. The molecular formula is C23H23N3O5S. The molecule has 1 atom stereocenters. The molecule has 3 amide bonds. The second-order valence-corrected chi connectivity index (χ2v) is 8.04. The minimum atomic E-state index is -0.624. The number of esters is 1. The SMILES string of the molecule is CCOc1ccccc1NC(=O)CN1C(=O)N[C@H](c2ccc(SC)cc2)C2=C1COC2=O. The molecule has 0 fully saturated rings. The van der Waals surface area contributed by atoms with Gasteiger partial charge in [0.15, 0.2) is 0 Å². The lowest BCUT2D eigenvalue weighted by atomic mass is 9.96. The van der Waals surface area contributed by atoms with E-state index in [-0.39, 0.29) is 13.2 Å². The average Bonchev–Trinajstić information content (AvgIpc) is 3.18. The lowest BCUT2D eigenvalue weighted by molar-refractivity contribution is -0.136. The van der Waals surface area contributed by atoms with Crippen LogP contribution in [0.25, 0.3) is 0 Å². The van der Waals surface area contributed by atoms with Crippen molar-refractivity contribution in [3.63, 3.8) is 0 Å². The van der Waals surface area contributed by atoms with Crippen molar-refractivity contribution in [1.82, 2.24) is 10.2 Å². The van der Waals surface area contributed by atoms with E-state index in [1.54, 1.807) is 30.0 Å². The number of cyclic esters (lactones) is 1.